The lowest BCUT2D eigenvalue weighted by Crippen LogP contribution is -2.59. The number of amides is 2. The molecule has 0 saturated carbocycles. The fourth-order valence-corrected chi connectivity index (χ4v) is 4.13. The second-order valence-electron chi connectivity index (χ2n) is 6.51. The minimum absolute atomic E-state index is 0.0147. The van der Waals surface area contributed by atoms with Crippen molar-refractivity contribution in [1.82, 2.24) is 15.3 Å². The molecule has 3 fully saturated rings. The Morgan fingerprint density at radius 1 is 1.48 bits per heavy atom. The Balaban J connectivity index is 1.83. The maximum Gasteiger partial charge on any atom is 0.418 e. The summed E-state index contributed by atoms with van der Waals surface area (Å²) in [6.45, 7) is 1.77. The Labute approximate surface area is 144 Å². The van der Waals surface area contributed by atoms with Crippen molar-refractivity contribution in [2.24, 2.45) is 0 Å². The first-order chi connectivity index (χ1) is 11.7. The number of aliphatic carboxylic acids is 1. The average Bonchev–Trinajstić information content (AvgIpc) is 2.72. The number of fused-ring (bicyclic) bond motifs is 2. The zero-order chi connectivity index (χ0) is 18.2. The Bertz CT molecular complexity index is 648. The zero-order valence-corrected chi connectivity index (χ0v) is 14.3. The first kappa shape index (κ1) is 18.3. The van der Waals surface area contributed by atoms with Crippen LogP contribution in [0.1, 0.15) is 25.7 Å². The van der Waals surface area contributed by atoms with Gasteiger partial charge < -0.3 is 20.1 Å². The van der Waals surface area contributed by atoms with E-state index in [9.17, 15) is 23.1 Å². The van der Waals surface area contributed by atoms with Crippen LogP contribution in [0.15, 0.2) is 0 Å². The largest absolute Gasteiger partial charge is 0.479 e. The van der Waals surface area contributed by atoms with Crippen LogP contribution in [-0.4, -0.2) is 84.0 Å². The summed E-state index contributed by atoms with van der Waals surface area (Å²) < 4.78 is 40.8. The second-order valence-corrected chi connectivity index (χ2v) is 7.51. The molecule has 3 N–H and O–H groups in total. The fraction of sp³-hybridized carbons (Fsp3) is 0.846. The molecule has 0 spiro atoms. The van der Waals surface area contributed by atoms with Gasteiger partial charge in [0.05, 0.1) is 12.1 Å². The van der Waals surface area contributed by atoms with E-state index in [1.54, 1.807) is 0 Å². The summed E-state index contributed by atoms with van der Waals surface area (Å²) >= 11 is 0. The van der Waals surface area contributed by atoms with Crippen molar-refractivity contribution >= 4 is 22.4 Å². The number of nitrogens with zero attached hydrogens (tertiary/aromatic N) is 2. The molecule has 3 heterocycles. The van der Waals surface area contributed by atoms with Gasteiger partial charge in [-0.25, -0.2) is 9.59 Å². The molecular formula is C13H21N3O8S. The van der Waals surface area contributed by atoms with E-state index in [4.69, 9.17) is 9.29 Å². The molecule has 0 aromatic carbocycles. The molecule has 3 rings (SSSR count). The quantitative estimate of drug-likeness (QED) is 0.523. The van der Waals surface area contributed by atoms with E-state index in [2.05, 4.69) is 9.60 Å². The van der Waals surface area contributed by atoms with Gasteiger partial charge >= 0.3 is 22.4 Å². The molecular weight excluding hydrogens is 358 g/mol. The van der Waals surface area contributed by atoms with Crippen LogP contribution in [0.25, 0.3) is 0 Å². The maximum absolute atomic E-state index is 12.5. The van der Waals surface area contributed by atoms with Crippen LogP contribution in [0.3, 0.4) is 0 Å². The third kappa shape index (κ3) is 3.58. The predicted molar refractivity (Wildman–Crippen MR) is 81.8 cm³/mol. The molecule has 3 atom stereocenters. The standard InChI is InChI=1S/C13H21N3O8S/c17-11(18)13(6-10-7-14-4-1-5-23-10)3-2-9-8-15(13)12(19)16(9)24-25(20,21)22/h9-10,14H,1-8H2,(H,17,18)(H,20,21,22)/t9-,10?,13+/m1/s1. The third-order valence-corrected chi connectivity index (χ3v) is 5.26. The minimum atomic E-state index is -4.87. The van der Waals surface area contributed by atoms with Crippen LogP contribution in [0.4, 0.5) is 4.79 Å². The molecule has 3 aliphatic rings. The van der Waals surface area contributed by atoms with Crippen LogP contribution in [0, 0.1) is 0 Å². The number of urea groups is 1. The molecule has 142 valence electrons. The van der Waals surface area contributed by atoms with Gasteiger partial charge in [-0.1, -0.05) is 0 Å². The van der Waals surface area contributed by atoms with Gasteiger partial charge in [0, 0.05) is 26.1 Å². The number of piperidine rings is 1. The van der Waals surface area contributed by atoms with Crippen molar-refractivity contribution in [3.05, 3.63) is 0 Å². The maximum atomic E-state index is 12.5. The number of rotatable bonds is 5. The number of ether oxygens (including phenoxy) is 1. The van der Waals surface area contributed by atoms with Gasteiger partial charge in [0.2, 0.25) is 0 Å². The van der Waals surface area contributed by atoms with Crippen LogP contribution in [0.5, 0.6) is 0 Å². The van der Waals surface area contributed by atoms with Crippen LogP contribution in [0.2, 0.25) is 0 Å². The normalized spacial score (nSPS) is 33.4. The lowest BCUT2D eigenvalue weighted by Gasteiger charge is -2.41. The molecule has 0 radical (unpaired) electrons. The molecule has 2 amide bonds. The number of hydroxylamine groups is 2. The Morgan fingerprint density at radius 2 is 2.24 bits per heavy atom. The van der Waals surface area contributed by atoms with E-state index in [1.807, 2.05) is 0 Å². The minimum Gasteiger partial charge on any atom is -0.479 e. The SMILES string of the molecule is O=C1N(OS(=O)(=O)O)[C@@H]2CC[C@](CC3CNCCCO3)(C(=O)O)N1C2. The van der Waals surface area contributed by atoms with Crippen molar-refractivity contribution in [3.63, 3.8) is 0 Å². The molecule has 3 saturated heterocycles. The van der Waals surface area contributed by atoms with E-state index in [1.165, 1.54) is 0 Å². The number of carboxylic acid groups (broad SMARTS) is 1. The summed E-state index contributed by atoms with van der Waals surface area (Å²) in [7, 11) is -4.87. The molecule has 12 heteroatoms. The van der Waals surface area contributed by atoms with Gasteiger partial charge in [0.15, 0.2) is 0 Å². The summed E-state index contributed by atoms with van der Waals surface area (Å²) in [5.74, 6) is -1.17. The summed E-state index contributed by atoms with van der Waals surface area (Å²) in [6, 6.07) is -1.51. The Kier molecular flexibility index (Phi) is 4.90. The molecule has 3 aliphatic heterocycles. The fourth-order valence-electron chi connectivity index (χ4n) is 3.74. The summed E-state index contributed by atoms with van der Waals surface area (Å²) in [5.41, 5.74) is -1.50. The van der Waals surface area contributed by atoms with E-state index in [0.29, 0.717) is 18.2 Å². The molecule has 2 bridgehead atoms. The van der Waals surface area contributed by atoms with Crippen LogP contribution in [-0.2, 0) is 24.2 Å². The summed E-state index contributed by atoms with van der Waals surface area (Å²) in [5, 5.41) is 13.6. The van der Waals surface area contributed by atoms with Gasteiger partial charge in [-0.15, -0.1) is 4.28 Å². The molecule has 0 aliphatic carbocycles. The van der Waals surface area contributed by atoms with Crippen LogP contribution >= 0.6 is 0 Å². The number of hydrogen-bond acceptors (Lipinski definition) is 7. The van der Waals surface area contributed by atoms with Crippen molar-refractivity contribution < 1.29 is 36.7 Å². The summed E-state index contributed by atoms with van der Waals surface area (Å²) in [4.78, 5) is 25.7. The number of nitrogens with one attached hydrogen (secondary N) is 1. The third-order valence-electron chi connectivity index (χ3n) is 4.91. The first-order valence-corrected chi connectivity index (χ1v) is 9.43. The predicted octanol–water partition coefficient (Wildman–Crippen LogP) is -0.787. The highest BCUT2D eigenvalue weighted by Gasteiger charge is 2.58. The smallest absolute Gasteiger partial charge is 0.418 e. The molecule has 1 unspecified atom stereocenters. The molecule has 0 aromatic heterocycles. The van der Waals surface area contributed by atoms with Gasteiger partial charge in [-0.2, -0.15) is 13.5 Å². The molecule has 0 aromatic rings. The number of carbonyl (C=O) groups excluding carboxylic acids is 1. The first-order valence-electron chi connectivity index (χ1n) is 8.06. The molecule has 25 heavy (non-hydrogen) atoms. The topological polar surface area (TPSA) is 146 Å². The summed E-state index contributed by atoms with van der Waals surface area (Å²) in [6.07, 6.45) is 0.915. The van der Waals surface area contributed by atoms with E-state index in [0.717, 1.165) is 17.9 Å². The van der Waals surface area contributed by atoms with Gasteiger partial charge in [0.25, 0.3) is 0 Å². The highest BCUT2D eigenvalue weighted by molar-refractivity contribution is 7.80. The van der Waals surface area contributed by atoms with Crippen molar-refractivity contribution in [3.8, 4) is 0 Å². The Hall–Kier alpha value is -1.47. The highest BCUT2D eigenvalue weighted by Crippen LogP contribution is 2.40. The van der Waals surface area contributed by atoms with E-state index < -0.39 is 34.0 Å². The van der Waals surface area contributed by atoms with E-state index in [-0.39, 0.29) is 31.9 Å². The van der Waals surface area contributed by atoms with Gasteiger partial charge in [0.1, 0.15) is 5.54 Å². The van der Waals surface area contributed by atoms with Crippen molar-refractivity contribution in [1.29, 1.82) is 0 Å². The van der Waals surface area contributed by atoms with Gasteiger partial charge in [-0.3, -0.25) is 4.55 Å². The number of carbonyl (C=O) groups is 2. The number of hydrogen-bond donors (Lipinski definition) is 3. The second kappa shape index (κ2) is 6.68. The lowest BCUT2D eigenvalue weighted by molar-refractivity contribution is -0.154. The monoisotopic (exact) mass is 379 g/mol. The van der Waals surface area contributed by atoms with Crippen molar-refractivity contribution in [2.45, 2.75) is 43.4 Å². The Morgan fingerprint density at radius 3 is 2.92 bits per heavy atom. The lowest BCUT2D eigenvalue weighted by atomic mass is 9.81. The highest BCUT2D eigenvalue weighted by atomic mass is 32.3. The van der Waals surface area contributed by atoms with Gasteiger partial charge in [-0.05, 0) is 25.8 Å². The van der Waals surface area contributed by atoms with E-state index >= 15 is 0 Å². The average molecular weight is 379 g/mol. The van der Waals surface area contributed by atoms with Crippen LogP contribution < -0.4 is 5.32 Å². The number of carboxylic acids is 1. The molecule has 11 nitrogen and oxygen atoms in total. The zero-order valence-electron chi connectivity index (χ0n) is 13.5. The van der Waals surface area contributed by atoms with Crippen molar-refractivity contribution in [2.75, 3.05) is 26.2 Å².